The lowest BCUT2D eigenvalue weighted by atomic mass is 10.0. The van der Waals surface area contributed by atoms with E-state index in [2.05, 4.69) is 0 Å². The van der Waals surface area contributed by atoms with Gasteiger partial charge in [0.2, 0.25) is 0 Å². The van der Waals surface area contributed by atoms with E-state index in [9.17, 15) is 4.79 Å². The van der Waals surface area contributed by atoms with Crippen LogP contribution in [0.1, 0.15) is 45.1 Å². The first-order valence-corrected chi connectivity index (χ1v) is 6.98. The summed E-state index contributed by atoms with van der Waals surface area (Å²) in [7, 11) is 0. The number of benzene rings is 1. The van der Waals surface area contributed by atoms with E-state index in [1.807, 2.05) is 32.0 Å². The second kappa shape index (κ2) is 8.15. The Kier molecular flexibility index (Phi) is 6.81. The number of hydrogen-bond donors (Lipinski definition) is 0. The molecule has 1 rings (SSSR count). The van der Waals surface area contributed by atoms with Crippen molar-refractivity contribution in [2.24, 2.45) is 0 Å². The summed E-state index contributed by atoms with van der Waals surface area (Å²) in [5.74, 6) is 1.22. The largest absolute Gasteiger partial charge is 0.494 e. The number of rotatable bonds is 8. The van der Waals surface area contributed by atoms with E-state index < -0.39 is 0 Å². The Morgan fingerprint density at radius 2 is 2.06 bits per heavy atom. The maximum atomic E-state index is 11.5. The van der Waals surface area contributed by atoms with E-state index in [0.717, 1.165) is 30.6 Å². The number of aryl methyl sites for hydroxylation is 1. The topological polar surface area (TPSA) is 26.3 Å². The molecule has 0 N–H and O–H groups in total. The molecule has 3 heteroatoms. The molecule has 0 heterocycles. The molecular formula is C15H21ClO2. The molecule has 0 amide bonds. The van der Waals surface area contributed by atoms with Gasteiger partial charge in [-0.15, -0.1) is 0 Å². The fraction of sp³-hybridized carbons (Fsp3) is 0.533. The number of ketones is 1. The molecule has 0 aliphatic heterocycles. The third-order valence-electron chi connectivity index (χ3n) is 2.75. The Labute approximate surface area is 114 Å². The summed E-state index contributed by atoms with van der Waals surface area (Å²) in [5.41, 5.74) is 1.09. The number of Topliss-reactive ketones (excluding diaryl/α,β-unsaturated/α-hetero) is 1. The molecular weight excluding hydrogens is 248 g/mol. The van der Waals surface area contributed by atoms with Crippen LogP contribution in [-0.4, -0.2) is 12.4 Å². The molecule has 0 aliphatic carbocycles. The van der Waals surface area contributed by atoms with Gasteiger partial charge in [0.05, 0.1) is 6.61 Å². The Balaban J connectivity index is 2.54. The van der Waals surface area contributed by atoms with Crippen LogP contribution < -0.4 is 4.74 Å². The second-order valence-corrected chi connectivity index (χ2v) is 4.76. The number of hydrogen-bond acceptors (Lipinski definition) is 2. The van der Waals surface area contributed by atoms with Crippen molar-refractivity contribution in [2.45, 2.75) is 46.0 Å². The maximum Gasteiger partial charge on any atom is 0.132 e. The molecule has 2 nitrogen and oxygen atoms in total. The van der Waals surface area contributed by atoms with Gasteiger partial charge in [-0.1, -0.05) is 18.5 Å². The average molecular weight is 269 g/mol. The molecule has 0 bridgehead atoms. The molecule has 0 saturated carbocycles. The summed E-state index contributed by atoms with van der Waals surface area (Å²) in [4.78, 5) is 11.5. The predicted molar refractivity (Wildman–Crippen MR) is 75.5 cm³/mol. The molecule has 18 heavy (non-hydrogen) atoms. The van der Waals surface area contributed by atoms with Crippen LogP contribution >= 0.6 is 11.6 Å². The zero-order valence-corrected chi connectivity index (χ0v) is 11.9. The molecule has 0 spiro atoms. The molecule has 1 aromatic rings. The van der Waals surface area contributed by atoms with Crippen molar-refractivity contribution >= 4 is 17.4 Å². The Hall–Kier alpha value is -1.02. The van der Waals surface area contributed by atoms with Crippen molar-refractivity contribution in [3.8, 4) is 5.75 Å². The normalized spacial score (nSPS) is 10.4. The number of carbonyl (C=O) groups is 1. The van der Waals surface area contributed by atoms with Crippen molar-refractivity contribution in [1.82, 2.24) is 0 Å². The van der Waals surface area contributed by atoms with Crippen LogP contribution in [0.2, 0.25) is 5.02 Å². The minimum Gasteiger partial charge on any atom is -0.494 e. The molecule has 0 unspecified atom stereocenters. The first-order valence-electron chi connectivity index (χ1n) is 6.60. The SMILES string of the molecule is CCCC(=O)CCCc1cc(Cl)ccc1OCC. The first kappa shape index (κ1) is 15.0. The van der Waals surface area contributed by atoms with Crippen molar-refractivity contribution in [3.63, 3.8) is 0 Å². The monoisotopic (exact) mass is 268 g/mol. The summed E-state index contributed by atoms with van der Waals surface area (Å²) >= 11 is 5.99. The van der Waals surface area contributed by atoms with Gasteiger partial charge in [-0.3, -0.25) is 4.79 Å². The third kappa shape index (κ3) is 5.09. The van der Waals surface area contributed by atoms with Crippen LogP contribution in [0.5, 0.6) is 5.75 Å². The van der Waals surface area contributed by atoms with Crippen LogP contribution in [0, 0.1) is 0 Å². The fourth-order valence-electron chi connectivity index (χ4n) is 1.92. The molecule has 1 aromatic carbocycles. The molecule has 100 valence electrons. The van der Waals surface area contributed by atoms with Crippen LogP contribution in [0.4, 0.5) is 0 Å². The quantitative estimate of drug-likeness (QED) is 0.697. The first-order chi connectivity index (χ1) is 8.67. The molecule has 0 saturated heterocycles. The van der Waals surface area contributed by atoms with E-state index in [0.29, 0.717) is 30.3 Å². The van der Waals surface area contributed by atoms with Crippen LogP contribution in [0.25, 0.3) is 0 Å². The average Bonchev–Trinajstić information content (AvgIpc) is 2.33. The minimum atomic E-state index is 0.345. The van der Waals surface area contributed by atoms with E-state index in [-0.39, 0.29) is 0 Å². The Morgan fingerprint density at radius 3 is 2.72 bits per heavy atom. The van der Waals surface area contributed by atoms with Crippen LogP contribution in [-0.2, 0) is 11.2 Å². The lowest BCUT2D eigenvalue weighted by molar-refractivity contribution is -0.119. The summed E-state index contributed by atoms with van der Waals surface area (Å²) in [6.07, 6.45) is 3.96. The standard InChI is InChI=1S/C15H21ClO2/c1-3-6-14(17)8-5-7-12-11-13(16)9-10-15(12)18-4-2/h9-11H,3-8H2,1-2H3. The fourth-order valence-corrected chi connectivity index (χ4v) is 2.11. The van der Waals surface area contributed by atoms with Crippen molar-refractivity contribution in [1.29, 1.82) is 0 Å². The number of carbonyl (C=O) groups excluding carboxylic acids is 1. The summed E-state index contributed by atoms with van der Waals surface area (Å²) in [6.45, 7) is 4.63. The predicted octanol–water partition coefficient (Wildman–Crippen LogP) is 4.43. The zero-order chi connectivity index (χ0) is 13.4. The summed E-state index contributed by atoms with van der Waals surface area (Å²) < 4.78 is 5.55. The minimum absolute atomic E-state index is 0.345. The van der Waals surface area contributed by atoms with Crippen molar-refractivity contribution in [3.05, 3.63) is 28.8 Å². The van der Waals surface area contributed by atoms with Gasteiger partial charge in [-0.2, -0.15) is 0 Å². The van der Waals surface area contributed by atoms with Gasteiger partial charge in [0.25, 0.3) is 0 Å². The molecule has 0 aliphatic rings. The molecule has 0 radical (unpaired) electrons. The molecule has 0 atom stereocenters. The molecule has 0 fully saturated rings. The maximum absolute atomic E-state index is 11.5. The van der Waals surface area contributed by atoms with E-state index in [4.69, 9.17) is 16.3 Å². The summed E-state index contributed by atoms with van der Waals surface area (Å²) in [6, 6.07) is 5.66. The summed E-state index contributed by atoms with van der Waals surface area (Å²) in [5, 5.41) is 0.716. The van der Waals surface area contributed by atoms with Gasteiger partial charge in [0.1, 0.15) is 11.5 Å². The van der Waals surface area contributed by atoms with Gasteiger partial charge >= 0.3 is 0 Å². The highest BCUT2D eigenvalue weighted by atomic mass is 35.5. The number of halogens is 1. The molecule has 0 aromatic heterocycles. The van der Waals surface area contributed by atoms with E-state index >= 15 is 0 Å². The van der Waals surface area contributed by atoms with Crippen LogP contribution in [0.15, 0.2) is 18.2 Å². The van der Waals surface area contributed by atoms with Gasteiger partial charge in [0.15, 0.2) is 0 Å². The van der Waals surface area contributed by atoms with Gasteiger partial charge in [0, 0.05) is 17.9 Å². The van der Waals surface area contributed by atoms with Crippen molar-refractivity contribution < 1.29 is 9.53 Å². The zero-order valence-electron chi connectivity index (χ0n) is 11.2. The van der Waals surface area contributed by atoms with Gasteiger partial charge in [-0.25, -0.2) is 0 Å². The highest BCUT2D eigenvalue weighted by Crippen LogP contribution is 2.24. The smallest absolute Gasteiger partial charge is 0.132 e. The highest BCUT2D eigenvalue weighted by Gasteiger charge is 2.06. The lowest BCUT2D eigenvalue weighted by Crippen LogP contribution is -2.00. The Morgan fingerprint density at radius 1 is 1.28 bits per heavy atom. The van der Waals surface area contributed by atoms with Crippen LogP contribution in [0.3, 0.4) is 0 Å². The van der Waals surface area contributed by atoms with E-state index in [1.54, 1.807) is 0 Å². The van der Waals surface area contributed by atoms with Crippen molar-refractivity contribution in [2.75, 3.05) is 6.61 Å². The lowest BCUT2D eigenvalue weighted by Gasteiger charge is -2.10. The Bertz CT molecular complexity index is 388. The van der Waals surface area contributed by atoms with Gasteiger partial charge in [-0.05, 0) is 49.9 Å². The highest BCUT2D eigenvalue weighted by molar-refractivity contribution is 6.30. The van der Waals surface area contributed by atoms with E-state index in [1.165, 1.54) is 0 Å². The number of ether oxygens (including phenoxy) is 1. The third-order valence-corrected chi connectivity index (χ3v) is 2.99. The van der Waals surface area contributed by atoms with Gasteiger partial charge < -0.3 is 4.74 Å². The second-order valence-electron chi connectivity index (χ2n) is 4.33.